The molecule has 0 heterocycles. The molecule has 0 rings (SSSR count). The van der Waals surface area contributed by atoms with Crippen LogP contribution in [0.3, 0.4) is 0 Å². The number of unbranched alkanes of at least 4 members (excludes halogenated alkanes) is 9. The molecule has 0 bridgehead atoms. The third-order valence-electron chi connectivity index (χ3n) is 3.66. The Morgan fingerprint density at radius 1 is 1.00 bits per heavy atom. The van der Waals surface area contributed by atoms with E-state index in [0.29, 0.717) is 6.42 Å². The number of hydrogen-bond acceptors (Lipinski definition) is 6. The Morgan fingerprint density at radius 3 is 1.88 bits per heavy atom. The molecule has 1 atom stereocenters. The first kappa shape index (κ1) is 26.3. The molecule has 0 aromatic heterocycles. The van der Waals surface area contributed by atoms with E-state index in [1.54, 1.807) is 0 Å². The third-order valence-corrected chi connectivity index (χ3v) is 4.75. The van der Waals surface area contributed by atoms with Gasteiger partial charge in [0.25, 0.3) is 0 Å². The molecule has 136 valence electrons. The molecule has 0 saturated heterocycles. The van der Waals surface area contributed by atoms with Crippen LogP contribution in [0, 0.1) is 0 Å². The summed E-state index contributed by atoms with van der Waals surface area (Å²) in [5.74, 6) is -1.12. The van der Waals surface area contributed by atoms with Crippen LogP contribution in [-0.4, -0.2) is 37.1 Å². The number of aldehydes is 1. The van der Waals surface area contributed by atoms with Crippen LogP contribution in [0.15, 0.2) is 0 Å². The Balaban J connectivity index is 0. The van der Waals surface area contributed by atoms with Gasteiger partial charge in [0, 0.05) is 6.42 Å². The minimum atomic E-state index is -4.85. The first-order valence-electron chi connectivity index (χ1n) is 8.48. The van der Waals surface area contributed by atoms with Crippen molar-refractivity contribution < 1.29 is 56.9 Å². The summed E-state index contributed by atoms with van der Waals surface area (Å²) in [5.41, 5.74) is 0. The van der Waals surface area contributed by atoms with Crippen molar-refractivity contribution in [2.75, 3.05) is 6.61 Å². The first-order valence-corrected chi connectivity index (χ1v) is 9.95. The van der Waals surface area contributed by atoms with Gasteiger partial charge in [-0.3, -0.25) is 4.79 Å². The van der Waals surface area contributed by atoms with Crippen LogP contribution in [-0.2, 0) is 24.4 Å². The SMILES string of the molecule is CCCCCCCCCCCCOC(=O)C(CC=O)S(=O)(=O)[O-].[Na+]. The number of rotatable bonds is 15. The van der Waals surface area contributed by atoms with Crippen molar-refractivity contribution in [2.24, 2.45) is 0 Å². The molecular formula is C16H29NaO6S. The Morgan fingerprint density at radius 2 is 1.46 bits per heavy atom. The molecule has 0 aromatic carbocycles. The van der Waals surface area contributed by atoms with Gasteiger partial charge in [-0.1, -0.05) is 64.7 Å². The van der Waals surface area contributed by atoms with Gasteiger partial charge in [-0.05, 0) is 6.42 Å². The predicted molar refractivity (Wildman–Crippen MR) is 87.0 cm³/mol. The van der Waals surface area contributed by atoms with Gasteiger partial charge in [0.2, 0.25) is 0 Å². The maximum atomic E-state index is 11.5. The zero-order valence-corrected chi connectivity index (χ0v) is 17.8. The van der Waals surface area contributed by atoms with E-state index < -0.39 is 27.8 Å². The molecule has 0 aliphatic heterocycles. The fourth-order valence-electron chi connectivity index (χ4n) is 2.27. The quantitative estimate of drug-likeness (QED) is 0.131. The molecule has 0 fully saturated rings. The van der Waals surface area contributed by atoms with Crippen molar-refractivity contribution in [3.63, 3.8) is 0 Å². The van der Waals surface area contributed by atoms with Gasteiger partial charge in [-0.25, -0.2) is 8.42 Å². The van der Waals surface area contributed by atoms with Gasteiger partial charge < -0.3 is 14.1 Å². The van der Waals surface area contributed by atoms with E-state index in [2.05, 4.69) is 6.92 Å². The molecule has 0 aromatic rings. The molecule has 0 spiro atoms. The molecule has 8 heteroatoms. The van der Waals surface area contributed by atoms with E-state index in [9.17, 15) is 22.6 Å². The molecule has 0 aliphatic rings. The van der Waals surface area contributed by atoms with Crippen molar-refractivity contribution >= 4 is 22.4 Å². The van der Waals surface area contributed by atoms with E-state index >= 15 is 0 Å². The van der Waals surface area contributed by atoms with E-state index in [0.717, 1.165) is 19.3 Å². The maximum Gasteiger partial charge on any atom is 1.00 e. The van der Waals surface area contributed by atoms with Crippen molar-refractivity contribution in [1.29, 1.82) is 0 Å². The summed E-state index contributed by atoms with van der Waals surface area (Å²) in [5, 5.41) is -1.91. The smallest absolute Gasteiger partial charge is 0.747 e. The Labute approximate surface area is 168 Å². The minimum Gasteiger partial charge on any atom is -0.747 e. The van der Waals surface area contributed by atoms with Crippen molar-refractivity contribution in [1.82, 2.24) is 0 Å². The summed E-state index contributed by atoms with van der Waals surface area (Å²) in [7, 11) is -4.85. The molecule has 24 heavy (non-hydrogen) atoms. The van der Waals surface area contributed by atoms with Crippen LogP contribution in [0.25, 0.3) is 0 Å². The van der Waals surface area contributed by atoms with E-state index in [1.165, 1.54) is 38.5 Å². The van der Waals surface area contributed by atoms with Crippen LogP contribution in [0.4, 0.5) is 0 Å². The van der Waals surface area contributed by atoms with Crippen molar-refractivity contribution in [3.05, 3.63) is 0 Å². The Bertz CT molecular complexity index is 424. The maximum absolute atomic E-state index is 11.5. The monoisotopic (exact) mass is 372 g/mol. The van der Waals surface area contributed by atoms with E-state index in [-0.39, 0.29) is 42.5 Å². The average molecular weight is 372 g/mol. The number of carbonyl (C=O) groups excluding carboxylic acids is 2. The Hall–Kier alpha value is 0.0500. The van der Waals surface area contributed by atoms with Gasteiger partial charge in [-0.2, -0.15) is 0 Å². The molecule has 0 radical (unpaired) electrons. The van der Waals surface area contributed by atoms with E-state index in [4.69, 9.17) is 4.74 Å². The minimum absolute atomic E-state index is 0. The second kappa shape index (κ2) is 16.5. The van der Waals surface area contributed by atoms with Crippen LogP contribution in [0.1, 0.15) is 77.6 Å². The summed E-state index contributed by atoms with van der Waals surface area (Å²) < 4.78 is 37.3. The molecule has 0 amide bonds. The predicted octanol–water partition coefficient (Wildman–Crippen LogP) is -0.0427. The molecular weight excluding hydrogens is 343 g/mol. The second-order valence-electron chi connectivity index (χ2n) is 5.73. The molecule has 1 unspecified atom stereocenters. The zero-order valence-electron chi connectivity index (χ0n) is 15.0. The summed E-state index contributed by atoms with van der Waals surface area (Å²) >= 11 is 0. The van der Waals surface area contributed by atoms with Gasteiger partial charge >= 0.3 is 35.5 Å². The summed E-state index contributed by atoms with van der Waals surface area (Å²) in [6, 6.07) is 0. The second-order valence-corrected chi connectivity index (χ2v) is 7.29. The number of esters is 1. The van der Waals surface area contributed by atoms with Gasteiger partial charge in [0.05, 0.1) is 6.61 Å². The average Bonchev–Trinajstić information content (AvgIpc) is 2.48. The van der Waals surface area contributed by atoms with Crippen molar-refractivity contribution in [2.45, 2.75) is 82.8 Å². The van der Waals surface area contributed by atoms with Gasteiger partial charge in [-0.15, -0.1) is 0 Å². The van der Waals surface area contributed by atoms with Gasteiger partial charge in [0.15, 0.2) is 5.25 Å². The molecule has 0 saturated carbocycles. The van der Waals surface area contributed by atoms with Crippen LogP contribution >= 0.6 is 0 Å². The van der Waals surface area contributed by atoms with Crippen LogP contribution < -0.4 is 29.6 Å². The fraction of sp³-hybridized carbons (Fsp3) is 0.875. The molecule has 6 nitrogen and oxygen atoms in total. The first-order chi connectivity index (χ1) is 10.9. The third kappa shape index (κ3) is 14.4. The normalized spacial score (nSPS) is 12.2. The van der Waals surface area contributed by atoms with E-state index in [1.807, 2.05) is 0 Å². The van der Waals surface area contributed by atoms with Crippen LogP contribution in [0.5, 0.6) is 0 Å². The Kier molecular flexibility index (Phi) is 18.1. The van der Waals surface area contributed by atoms with Crippen molar-refractivity contribution in [3.8, 4) is 0 Å². The standard InChI is InChI=1S/C16H30O6S.Na/c1-2-3-4-5-6-7-8-9-10-11-14-22-16(18)15(12-13-17)23(19,20)21;/h13,15H,2-12,14H2,1H3,(H,19,20,21);/q;+1/p-1. The largest absolute Gasteiger partial charge is 1.00 e. The van der Waals surface area contributed by atoms with Gasteiger partial charge in [0.1, 0.15) is 16.4 Å². The topological polar surface area (TPSA) is 101 Å². The number of carbonyl (C=O) groups is 2. The zero-order chi connectivity index (χ0) is 17.6. The summed E-state index contributed by atoms with van der Waals surface area (Å²) in [6.45, 7) is 2.28. The number of hydrogen-bond donors (Lipinski definition) is 0. The fourth-order valence-corrected chi connectivity index (χ4v) is 2.89. The molecule has 0 N–H and O–H groups in total. The summed E-state index contributed by atoms with van der Waals surface area (Å²) in [4.78, 5) is 21.8. The van der Waals surface area contributed by atoms with Crippen LogP contribution in [0.2, 0.25) is 0 Å². The summed E-state index contributed by atoms with van der Waals surface area (Å²) in [6.07, 6.45) is 10.9. The molecule has 0 aliphatic carbocycles. The number of ether oxygens (including phenoxy) is 1.